The smallest absolute Gasteiger partial charge is 0.273 e. The SMILES string of the molecule is COc1cc([N+](=O)[O-])ccc1NC(=S)NC(=O)c1ccc(OCCOc2ccccc2)cc1. The average Bonchev–Trinajstić information content (AvgIpc) is 2.83. The van der Waals surface area contributed by atoms with Gasteiger partial charge in [0.05, 0.1) is 23.8 Å². The number of thiocarbonyl (C=S) groups is 1. The first-order valence-corrected chi connectivity index (χ1v) is 10.2. The molecule has 2 N–H and O–H groups in total. The van der Waals surface area contributed by atoms with Crippen molar-refractivity contribution < 1.29 is 23.9 Å². The average molecular weight is 468 g/mol. The second-order valence-corrected chi connectivity index (χ2v) is 6.99. The summed E-state index contributed by atoms with van der Waals surface area (Å²) in [4.78, 5) is 22.8. The molecule has 3 aromatic rings. The number of para-hydroxylation sites is 1. The van der Waals surface area contributed by atoms with E-state index in [1.165, 1.54) is 25.3 Å². The summed E-state index contributed by atoms with van der Waals surface area (Å²) >= 11 is 5.17. The van der Waals surface area contributed by atoms with Gasteiger partial charge in [0.2, 0.25) is 0 Å². The van der Waals surface area contributed by atoms with Crippen LogP contribution in [0.4, 0.5) is 11.4 Å². The summed E-state index contributed by atoms with van der Waals surface area (Å²) in [5, 5.41) is 16.3. The van der Waals surface area contributed by atoms with Crippen molar-refractivity contribution in [1.29, 1.82) is 0 Å². The molecule has 0 saturated carbocycles. The van der Waals surface area contributed by atoms with Crippen molar-refractivity contribution in [3.8, 4) is 17.2 Å². The van der Waals surface area contributed by atoms with Crippen LogP contribution in [0, 0.1) is 10.1 Å². The van der Waals surface area contributed by atoms with Crippen LogP contribution in [0.2, 0.25) is 0 Å². The minimum atomic E-state index is -0.532. The number of nitro groups is 1. The molecule has 0 unspecified atom stereocenters. The lowest BCUT2D eigenvalue weighted by Gasteiger charge is -2.13. The molecule has 0 aliphatic carbocycles. The molecule has 1 amide bonds. The number of hydrogen-bond acceptors (Lipinski definition) is 7. The molecule has 0 heterocycles. The van der Waals surface area contributed by atoms with Gasteiger partial charge in [-0.1, -0.05) is 18.2 Å². The third-order valence-electron chi connectivity index (χ3n) is 4.35. The van der Waals surface area contributed by atoms with Gasteiger partial charge in [0.1, 0.15) is 30.5 Å². The fraction of sp³-hybridized carbons (Fsp3) is 0.130. The Labute approximate surface area is 195 Å². The van der Waals surface area contributed by atoms with Crippen LogP contribution in [0.3, 0.4) is 0 Å². The van der Waals surface area contributed by atoms with E-state index in [1.807, 2.05) is 30.3 Å². The van der Waals surface area contributed by atoms with Crippen LogP contribution in [-0.2, 0) is 0 Å². The molecule has 0 atom stereocenters. The number of nitrogens with zero attached hydrogens (tertiary/aromatic N) is 1. The Bertz CT molecular complexity index is 1120. The van der Waals surface area contributed by atoms with Crippen LogP contribution in [0.15, 0.2) is 72.8 Å². The number of ether oxygens (including phenoxy) is 3. The predicted molar refractivity (Wildman–Crippen MR) is 127 cm³/mol. The highest BCUT2D eigenvalue weighted by Crippen LogP contribution is 2.28. The van der Waals surface area contributed by atoms with E-state index >= 15 is 0 Å². The Hall–Kier alpha value is -4.18. The van der Waals surface area contributed by atoms with E-state index in [9.17, 15) is 14.9 Å². The number of methoxy groups -OCH3 is 1. The van der Waals surface area contributed by atoms with Crippen LogP contribution in [0.25, 0.3) is 0 Å². The summed E-state index contributed by atoms with van der Waals surface area (Å²) in [5.74, 6) is 1.16. The van der Waals surface area contributed by atoms with Gasteiger partial charge in [-0.3, -0.25) is 20.2 Å². The Kier molecular flexibility index (Phi) is 8.14. The van der Waals surface area contributed by atoms with Crippen molar-refractivity contribution in [1.82, 2.24) is 5.32 Å². The maximum Gasteiger partial charge on any atom is 0.273 e. The zero-order valence-electron chi connectivity index (χ0n) is 17.6. The largest absolute Gasteiger partial charge is 0.494 e. The molecular formula is C23H21N3O6S. The molecule has 0 fully saturated rings. The number of carbonyl (C=O) groups excluding carboxylic acids is 1. The van der Waals surface area contributed by atoms with Gasteiger partial charge in [0.25, 0.3) is 11.6 Å². The minimum Gasteiger partial charge on any atom is -0.494 e. The Morgan fingerprint density at radius 3 is 2.21 bits per heavy atom. The number of benzene rings is 3. The van der Waals surface area contributed by atoms with Crippen molar-refractivity contribution in [3.05, 3.63) is 88.5 Å². The molecule has 0 saturated heterocycles. The summed E-state index contributed by atoms with van der Waals surface area (Å²) in [7, 11) is 1.38. The third kappa shape index (κ3) is 6.91. The van der Waals surface area contributed by atoms with Crippen LogP contribution < -0.4 is 24.8 Å². The van der Waals surface area contributed by atoms with E-state index in [2.05, 4.69) is 10.6 Å². The molecule has 0 spiro atoms. The summed E-state index contributed by atoms with van der Waals surface area (Å²) in [6.45, 7) is 0.740. The predicted octanol–water partition coefficient (Wildman–Crippen LogP) is 4.19. The van der Waals surface area contributed by atoms with Crippen LogP contribution in [-0.4, -0.2) is 36.3 Å². The lowest BCUT2D eigenvalue weighted by atomic mass is 10.2. The molecule has 10 heteroatoms. The van der Waals surface area contributed by atoms with Gasteiger partial charge in [-0.2, -0.15) is 0 Å². The highest BCUT2D eigenvalue weighted by molar-refractivity contribution is 7.80. The van der Waals surface area contributed by atoms with Crippen molar-refractivity contribution in [3.63, 3.8) is 0 Å². The highest BCUT2D eigenvalue weighted by Gasteiger charge is 2.14. The number of amides is 1. The topological polar surface area (TPSA) is 112 Å². The number of nitro benzene ring substituents is 1. The Morgan fingerprint density at radius 1 is 0.970 bits per heavy atom. The molecule has 0 bridgehead atoms. The van der Waals surface area contributed by atoms with Crippen LogP contribution in [0.5, 0.6) is 17.2 Å². The fourth-order valence-corrected chi connectivity index (χ4v) is 2.97. The van der Waals surface area contributed by atoms with Crippen LogP contribution in [0.1, 0.15) is 10.4 Å². The Morgan fingerprint density at radius 2 is 1.61 bits per heavy atom. The van der Waals surface area contributed by atoms with Gasteiger partial charge >= 0.3 is 0 Å². The van der Waals surface area contributed by atoms with Crippen molar-refractivity contribution in [2.24, 2.45) is 0 Å². The zero-order chi connectivity index (χ0) is 23.6. The number of non-ortho nitro benzene ring substituents is 1. The highest BCUT2D eigenvalue weighted by atomic mass is 32.1. The monoisotopic (exact) mass is 467 g/mol. The van der Waals surface area contributed by atoms with Crippen molar-refractivity contribution in [2.45, 2.75) is 0 Å². The maximum atomic E-state index is 12.5. The van der Waals surface area contributed by atoms with Gasteiger partial charge in [-0.05, 0) is 54.7 Å². The standard InChI is InChI=1S/C23H21N3O6S/c1-30-21-15-17(26(28)29)9-12-20(21)24-23(33)25-22(27)16-7-10-19(11-8-16)32-14-13-31-18-5-3-2-4-6-18/h2-12,15H,13-14H2,1H3,(H2,24,25,27,33). The lowest BCUT2D eigenvalue weighted by molar-refractivity contribution is -0.384. The first kappa shape index (κ1) is 23.5. The number of rotatable bonds is 9. The summed E-state index contributed by atoms with van der Waals surface area (Å²) in [6.07, 6.45) is 0. The lowest BCUT2D eigenvalue weighted by Crippen LogP contribution is -2.34. The molecule has 170 valence electrons. The maximum absolute atomic E-state index is 12.5. The third-order valence-corrected chi connectivity index (χ3v) is 4.56. The quantitative estimate of drug-likeness (QED) is 0.209. The fourth-order valence-electron chi connectivity index (χ4n) is 2.76. The van der Waals surface area contributed by atoms with Gasteiger partial charge in [0.15, 0.2) is 5.11 Å². The van der Waals surface area contributed by atoms with E-state index in [0.717, 1.165) is 5.75 Å². The molecule has 0 aliphatic rings. The number of anilines is 1. The van der Waals surface area contributed by atoms with Crippen molar-refractivity contribution >= 4 is 34.6 Å². The number of hydrogen-bond donors (Lipinski definition) is 2. The van der Waals surface area contributed by atoms with Crippen molar-refractivity contribution in [2.75, 3.05) is 25.6 Å². The molecule has 3 rings (SSSR count). The summed E-state index contributed by atoms with van der Waals surface area (Å²) < 4.78 is 16.3. The van der Waals surface area contributed by atoms with E-state index in [0.29, 0.717) is 30.2 Å². The van der Waals surface area contributed by atoms with Crippen LogP contribution >= 0.6 is 12.2 Å². The molecule has 9 nitrogen and oxygen atoms in total. The number of carbonyl (C=O) groups is 1. The first-order chi connectivity index (χ1) is 16.0. The molecule has 0 aromatic heterocycles. The minimum absolute atomic E-state index is 0.0190. The molecule has 33 heavy (non-hydrogen) atoms. The molecular weight excluding hydrogens is 446 g/mol. The summed E-state index contributed by atoms with van der Waals surface area (Å²) in [6, 6.07) is 20.0. The Balaban J connectivity index is 1.49. The van der Waals surface area contributed by atoms with E-state index < -0.39 is 10.8 Å². The second kappa shape index (κ2) is 11.4. The molecule has 0 aliphatic heterocycles. The molecule has 0 radical (unpaired) electrons. The van der Waals surface area contributed by atoms with Gasteiger partial charge in [0, 0.05) is 11.6 Å². The summed E-state index contributed by atoms with van der Waals surface area (Å²) in [5.41, 5.74) is 0.638. The molecule has 3 aromatic carbocycles. The second-order valence-electron chi connectivity index (χ2n) is 6.58. The zero-order valence-corrected chi connectivity index (χ0v) is 18.5. The van der Waals surface area contributed by atoms with Gasteiger partial charge < -0.3 is 19.5 Å². The van der Waals surface area contributed by atoms with E-state index in [-0.39, 0.29) is 16.5 Å². The number of nitrogens with one attached hydrogen (secondary N) is 2. The van der Waals surface area contributed by atoms with Gasteiger partial charge in [-0.25, -0.2) is 0 Å². The van der Waals surface area contributed by atoms with Gasteiger partial charge in [-0.15, -0.1) is 0 Å². The first-order valence-electron chi connectivity index (χ1n) is 9.82. The van der Waals surface area contributed by atoms with E-state index in [1.54, 1.807) is 24.3 Å². The van der Waals surface area contributed by atoms with E-state index in [4.69, 9.17) is 26.4 Å². The normalized spacial score (nSPS) is 10.1.